The molecule has 0 bridgehead atoms. The maximum atomic E-state index is 12.7. The first-order chi connectivity index (χ1) is 12.6. The van der Waals surface area contributed by atoms with Crippen LogP contribution in [-0.4, -0.2) is 18.1 Å². The second kappa shape index (κ2) is 7.99. The van der Waals surface area contributed by atoms with E-state index in [1.54, 1.807) is 0 Å². The molecule has 0 aliphatic heterocycles. The van der Waals surface area contributed by atoms with Crippen LogP contribution in [0.5, 0.6) is 11.5 Å². The molecule has 1 amide bonds. The number of rotatable bonds is 5. The third-order valence-electron chi connectivity index (χ3n) is 3.14. The molecule has 2 aromatic rings. The number of nitro groups is 1. The minimum Gasteiger partial charge on any atom is -0.456 e. The lowest BCUT2D eigenvalue weighted by Gasteiger charge is -2.13. The smallest absolute Gasteiger partial charge is 0.425 e. The quantitative estimate of drug-likeness (QED) is 0.550. The summed E-state index contributed by atoms with van der Waals surface area (Å²) < 4.78 is 47.7. The van der Waals surface area contributed by atoms with E-state index in [-0.39, 0.29) is 22.2 Å². The molecule has 0 heterocycles. The summed E-state index contributed by atoms with van der Waals surface area (Å²) in [6.07, 6.45) is -5.46. The van der Waals surface area contributed by atoms with E-state index in [0.29, 0.717) is 6.07 Å². The summed E-state index contributed by atoms with van der Waals surface area (Å²) in [4.78, 5) is 21.4. The third kappa shape index (κ3) is 5.14. The van der Waals surface area contributed by atoms with Crippen molar-refractivity contribution in [1.29, 1.82) is 0 Å². The van der Waals surface area contributed by atoms with Gasteiger partial charge in [0, 0.05) is 12.1 Å². The Labute approximate surface area is 154 Å². The van der Waals surface area contributed by atoms with Gasteiger partial charge in [0.15, 0.2) is 0 Å². The van der Waals surface area contributed by atoms with E-state index in [9.17, 15) is 28.1 Å². The van der Waals surface area contributed by atoms with Crippen molar-refractivity contribution in [3.05, 3.63) is 57.1 Å². The van der Waals surface area contributed by atoms with Gasteiger partial charge in [-0.1, -0.05) is 11.6 Å². The molecule has 144 valence electrons. The van der Waals surface area contributed by atoms with Crippen LogP contribution in [0.3, 0.4) is 0 Å². The molecule has 12 heteroatoms. The number of nitro benzene ring substituents is 1. The number of hydrazine groups is 1. The number of hydrogen-bond acceptors (Lipinski definition) is 6. The number of alkyl halides is 3. The number of halogens is 4. The van der Waals surface area contributed by atoms with Gasteiger partial charge in [0.05, 0.1) is 22.6 Å². The molecule has 0 aliphatic carbocycles. The molecule has 0 aliphatic rings. The lowest BCUT2D eigenvalue weighted by Crippen LogP contribution is -2.29. The highest BCUT2D eigenvalue weighted by Crippen LogP contribution is 2.37. The van der Waals surface area contributed by atoms with Crippen LogP contribution >= 0.6 is 11.6 Å². The number of carbonyl (C=O) groups is 1. The van der Waals surface area contributed by atoms with E-state index >= 15 is 0 Å². The van der Waals surface area contributed by atoms with Crippen LogP contribution in [0, 0.1) is 10.1 Å². The monoisotopic (exact) mass is 405 g/mol. The molecule has 2 rings (SSSR count). The molecular formula is C15H11ClF3N3O5. The highest BCUT2D eigenvalue weighted by atomic mass is 35.5. The van der Waals surface area contributed by atoms with Crippen LogP contribution in [0.1, 0.15) is 5.56 Å². The first kappa shape index (κ1) is 20.1. The van der Waals surface area contributed by atoms with E-state index in [2.05, 4.69) is 10.2 Å². The average molecular weight is 406 g/mol. The van der Waals surface area contributed by atoms with E-state index < -0.39 is 28.4 Å². The first-order valence-corrected chi connectivity index (χ1v) is 7.42. The Morgan fingerprint density at radius 2 is 1.93 bits per heavy atom. The zero-order chi connectivity index (χ0) is 20.2. The van der Waals surface area contributed by atoms with Crippen molar-refractivity contribution in [1.82, 2.24) is 5.43 Å². The van der Waals surface area contributed by atoms with Gasteiger partial charge in [0.2, 0.25) is 0 Å². The van der Waals surface area contributed by atoms with Gasteiger partial charge in [-0.3, -0.25) is 15.5 Å². The van der Waals surface area contributed by atoms with Crippen molar-refractivity contribution in [2.24, 2.45) is 0 Å². The normalized spacial score (nSPS) is 10.9. The number of anilines is 1. The molecule has 0 radical (unpaired) electrons. The number of benzene rings is 2. The first-order valence-electron chi connectivity index (χ1n) is 7.05. The highest BCUT2D eigenvalue weighted by molar-refractivity contribution is 6.32. The lowest BCUT2D eigenvalue weighted by molar-refractivity contribution is -0.384. The molecular weight excluding hydrogens is 395 g/mol. The SMILES string of the molecule is COC(=O)NNc1cc(Oc2ccc(C(F)(F)F)cc2Cl)ccc1[N+](=O)[O-]. The molecule has 0 unspecified atom stereocenters. The number of ether oxygens (including phenoxy) is 2. The Balaban J connectivity index is 2.28. The lowest BCUT2D eigenvalue weighted by atomic mass is 10.2. The van der Waals surface area contributed by atoms with E-state index in [1.807, 2.05) is 5.43 Å². The van der Waals surface area contributed by atoms with Gasteiger partial charge in [-0.2, -0.15) is 13.2 Å². The second-order valence-electron chi connectivity index (χ2n) is 4.92. The van der Waals surface area contributed by atoms with Gasteiger partial charge in [0.25, 0.3) is 5.69 Å². The number of nitrogens with zero attached hydrogens (tertiary/aromatic N) is 1. The number of nitrogens with one attached hydrogen (secondary N) is 2. The molecule has 2 N–H and O–H groups in total. The topological polar surface area (TPSA) is 103 Å². The number of carbonyl (C=O) groups excluding carboxylic acids is 1. The average Bonchev–Trinajstić information content (AvgIpc) is 2.60. The Morgan fingerprint density at radius 1 is 1.22 bits per heavy atom. The zero-order valence-electron chi connectivity index (χ0n) is 13.5. The third-order valence-corrected chi connectivity index (χ3v) is 3.43. The van der Waals surface area contributed by atoms with Crippen LogP contribution < -0.4 is 15.6 Å². The molecule has 0 spiro atoms. The fraction of sp³-hybridized carbons (Fsp3) is 0.133. The van der Waals surface area contributed by atoms with Crippen molar-refractivity contribution in [3.63, 3.8) is 0 Å². The standard InChI is InChI=1S/C15H11ClF3N3O5/c1-26-14(23)21-20-11-7-9(3-4-12(11)22(24)25)27-13-5-2-8(6-10(13)16)15(17,18)19/h2-7,20H,1H3,(H,21,23). The molecule has 0 saturated heterocycles. The van der Waals surface area contributed by atoms with Gasteiger partial charge in [-0.05, 0) is 24.3 Å². The van der Waals surface area contributed by atoms with Crippen LogP contribution in [0.25, 0.3) is 0 Å². The summed E-state index contributed by atoms with van der Waals surface area (Å²) >= 11 is 5.81. The molecule has 2 aromatic carbocycles. The van der Waals surface area contributed by atoms with Crippen molar-refractivity contribution < 1.29 is 32.4 Å². The molecule has 0 fully saturated rings. The fourth-order valence-corrected chi connectivity index (χ4v) is 2.11. The summed E-state index contributed by atoms with van der Waals surface area (Å²) in [6, 6.07) is 5.95. The minimum atomic E-state index is -4.56. The van der Waals surface area contributed by atoms with Crippen molar-refractivity contribution in [2.45, 2.75) is 6.18 Å². The highest BCUT2D eigenvalue weighted by Gasteiger charge is 2.31. The predicted octanol–water partition coefficient (Wildman–Crippen LogP) is 4.74. The van der Waals surface area contributed by atoms with E-state index in [1.165, 1.54) is 6.07 Å². The summed E-state index contributed by atoms with van der Waals surface area (Å²) in [5.41, 5.74) is 2.85. The van der Waals surface area contributed by atoms with E-state index in [4.69, 9.17) is 16.3 Å². The van der Waals surface area contributed by atoms with Gasteiger partial charge in [-0.15, -0.1) is 0 Å². The number of hydrogen-bond donors (Lipinski definition) is 2. The summed E-state index contributed by atoms with van der Waals surface area (Å²) in [5, 5.41) is 10.7. The fourth-order valence-electron chi connectivity index (χ4n) is 1.89. The number of amides is 1. The Hall–Kier alpha value is -3.21. The van der Waals surface area contributed by atoms with Crippen molar-refractivity contribution in [3.8, 4) is 11.5 Å². The van der Waals surface area contributed by atoms with Crippen molar-refractivity contribution >= 4 is 29.1 Å². The molecule has 27 heavy (non-hydrogen) atoms. The molecule has 0 atom stereocenters. The van der Waals surface area contributed by atoms with Gasteiger partial charge in [-0.25, -0.2) is 10.2 Å². The molecule has 8 nitrogen and oxygen atoms in total. The molecule has 0 saturated carbocycles. The van der Waals surface area contributed by atoms with Crippen LogP contribution in [0.4, 0.5) is 29.3 Å². The van der Waals surface area contributed by atoms with Crippen LogP contribution in [-0.2, 0) is 10.9 Å². The largest absolute Gasteiger partial charge is 0.456 e. The number of methoxy groups -OCH3 is 1. The van der Waals surface area contributed by atoms with Crippen LogP contribution in [0.2, 0.25) is 5.02 Å². The maximum Gasteiger partial charge on any atom is 0.425 e. The van der Waals surface area contributed by atoms with Crippen molar-refractivity contribution in [2.75, 3.05) is 12.5 Å². The second-order valence-corrected chi connectivity index (χ2v) is 5.33. The summed E-state index contributed by atoms with van der Waals surface area (Å²) in [5.74, 6) is -0.0678. The Morgan fingerprint density at radius 3 is 2.48 bits per heavy atom. The summed E-state index contributed by atoms with van der Waals surface area (Å²) in [7, 11) is 1.09. The predicted molar refractivity (Wildman–Crippen MR) is 88.8 cm³/mol. The van der Waals surface area contributed by atoms with Gasteiger partial charge < -0.3 is 9.47 Å². The Bertz CT molecular complexity index is 876. The van der Waals surface area contributed by atoms with Gasteiger partial charge in [0.1, 0.15) is 17.2 Å². The summed E-state index contributed by atoms with van der Waals surface area (Å²) in [6.45, 7) is 0. The van der Waals surface area contributed by atoms with Gasteiger partial charge >= 0.3 is 12.3 Å². The minimum absolute atomic E-state index is 0.0245. The Kier molecular flexibility index (Phi) is 5.95. The molecule has 0 aromatic heterocycles. The maximum absolute atomic E-state index is 12.7. The zero-order valence-corrected chi connectivity index (χ0v) is 14.2. The van der Waals surface area contributed by atoms with Crippen LogP contribution in [0.15, 0.2) is 36.4 Å². The van der Waals surface area contributed by atoms with E-state index in [0.717, 1.165) is 31.4 Å².